The molecule has 1 atom stereocenters. The Balaban J connectivity index is 1.65. The van der Waals surface area contributed by atoms with Crippen LogP contribution in [0.1, 0.15) is 37.7 Å². The van der Waals surface area contributed by atoms with Gasteiger partial charge in [-0.25, -0.2) is 0 Å². The lowest BCUT2D eigenvalue weighted by Gasteiger charge is -2.22. The average molecular weight is 288 g/mol. The number of rotatable bonds is 4. The van der Waals surface area contributed by atoms with E-state index in [2.05, 4.69) is 10.6 Å². The molecule has 3 rings (SSSR count). The first kappa shape index (κ1) is 14.1. The lowest BCUT2D eigenvalue weighted by molar-refractivity contribution is -0.140. The van der Waals surface area contributed by atoms with Gasteiger partial charge in [0, 0.05) is 5.69 Å². The van der Waals surface area contributed by atoms with Crippen molar-refractivity contribution in [2.24, 2.45) is 0 Å². The number of carboxylic acids is 1. The summed E-state index contributed by atoms with van der Waals surface area (Å²) in [5, 5.41) is 15.4. The molecule has 5 nitrogen and oxygen atoms in total. The lowest BCUT2D eigenvalue weighted by atomic mass is 9.96. The van der Waals surface area contributed by atoms with Crippen molar-refractivity contribution in [3.8, 4) is 0 Å². The molecule has 0 unspecified atom stereocenters. The van der Waals surface area contributed by atoms with Gasteiger partial charge in [0.2, 0.25) is 5.91 Å². The van der Waals surface area contributed by atoms with Gasteiger partial charge in [-0.3, -0.25) is 9.59 Å². The lowest BCUT2D eigenvalue weighted by Crippen LogP contribution is -2.43. The number of hydrogen-bond donors (Lipinski definition) is 3. The summed E-state index contributed by atoms with van der Waals surface area (Å²) in [6.07, 6.45) is 4.45. The van der Waals surface area contributed by atoms with E-state index in [0.29, 0.717) is 12.8 Å². The minimum absolute atomic E-state index is 0.0122. The number of carbonyl (C=O) groups is 2. The summed E-state index contributed by atoms with van der Waals surface area (Å²) in [7, 11) is 0. The van der Waals surface area contributed by atoms with Gasteiger partial charge >= 0.3 is 5.97 Å². The van der Waals surface area contributed by atoms with Crippen molar-refractivity contribution in [3.63, 3.8) is 0 Å². The van der Waals surface area contributed by atoms with Crippen LogP contribution in [0.5, 0.6) is 0 Å². The summed E-state index contributed by atoms with van der Waals surface area (Å²) < 4.78 is 0. The van der Waals surface area contributed by atoms with E-state index >= 15 is 0 Å². The highest BCUT2D eigenvalue weighted by Gasteiger charge is 2.51. The molecule has 5 heteroatoms. The molecule has 112 valence electrons. The van der Waals surface area contributed by atoms with Gasteiger partial charge < -0.3 is 15.7 Å². The maximum Gasteiger partial charge on any atom is 0.314 e. The Kier molecular flexibility index (Phi) is 3.68. The van der Waals surface area contributed by atoms with Crippen LogP contribution >= 0.6 is 0 Å². The standard InChI is InChI=1S/C16H20N2O3/c19-14(13-3-1-2-10-17-13)18-12-6-4-11(5-7-12)16(8-9-16)15(20)21/h4-7,13,17H,1-3,8-10H2,(H,18,19)(H,20,21)/t13-/m0/s1. The second-order valence-electron chi connectivity index (χ2n) is 5.96. The highest BCUT2D eigenvalue weighted by atomic mass is 16.4. The molecule has 1 amide bonds. The Morgan fingerprint density at radius 2 is 1.90 bits per heavy atom. The highest BCUT2D eigenvalue weighted by molar-refractivity contribution is 5.95. The quantitative estimate of drug-likeness (QED) is 0.790. The fraction of sp³-hybridized carbons (Fsp3) is 0.500. The molecule has 1 saturated heterocycles. The molecule has 21 heavy (non-hydrogen) atoms. The Hall–Kier alpha value is -1.88. The number of carboxylic acid groups (broad SMARTS) is 1. The van der Waals surface area contributed by atoms with E-state index in [1.165, 1.54) is 0 Å². The zero-order valence-electron chi connectivity index (χ0n) is 11.9. The van der Waals surface area contributed by atoms with Gasteiger partial charge in [0.15, 0.2) is 0 Å². The van der Waals surface area contributed by atoms with E-state index in [4.69, 9.17) is 0 Å². The van der Waals surface area contributed by atoms with Crippen LogP contribution in [0.25, 0.3) is 0 Å². The molecule has 1 aliphatic carbocycles. The normalized spacial score (nSPS) is 23.3. The number of benzene rings is 1. The molecule has 1 aromatic carbocycles. The van der Waals surface area contributed by atoms with Crippen molar-refractivity contribution in [1.82, 2.24) is 5.32 Å². The summed E-state index contributed by atoms with van der Waals surface area (Å²) in [4.78, 5) is 23.4. The first-order chi connectivity index (χ1) is 10.1. The highest BCUT2D eigenvalue weighted by Crippen LogP contribution is 2.48. The molecule has 1 aromatic rings. The smallest absolute Gasteiger partial charge is 0.314 e. The molecule has 0 bridgehead atoms. The predicted octanol–water partition coefficient (Wildman–Crippen LogP) is 1.88. The molecule has 1 aliphatic heterocycles. The van der Waals surface area contributed by atoms with E-state index in [9.17, 15) is 14.7 Å². The number of aliphatic carboxylic acids is 1. The number of anilines is 1. The Labute approximate surface area is 123 Å². The van der Waals surface area contributed by atoms with Crippen molar-refractivity contribution >= 4 is 17.6 Å². The van der Waals surface area contributed by atoms with Crippen LogP contribution in [0.3, 0.4) is 0 Å². The maximum absolute atomic E-state index is 12.1. The summed E-state index contributed by atoms with van der Waals surface area (Å²) >= 11 is 0. The minimum Gasteiger partial charge on any atom is -0.481 e. The van der Waals surface area contributed by atoms with E-state index < -0.39 is 11.4 Å². The van der Waals surface area contributed by atoms with Crippen molar-refractivity contribution in [1.29, 1.82) is 0 Å². The van der Waals surface area contributed by atoms with Crippen molar-refractivity contribution in [2.75, 3.05) is 11.9 Å². The number of carbonyl (C=O) groups excluding carboxylic acids is 1. The third-order valence-corrected chi connectivity index (χ3v) is 4.49. The Bertz CT molecular complexity index is 543. The van der Waals surface area contributed by atoms with Gasteiger partial charge in [0.1, 0.15) is 0 Å². The third kappa shape index (κ3) is 2.78. The van der Waals surface area contributed by atoms with Crippen molar-refractivity contribution < 1.29 is 14.7 Å². The van der Waals surface area contributed by atoms with Gasteiger partial charge in [-0.2, -0.15) is 0 Å². The Morgan fingerprint density at radius 1 is 1.19 bits per heavy atom. The van der Waals surface area contributed by atoms with E-state index in [1.807, 2.05) is 12.1 Å². The average Bonchev–Trinajstić information content (AvgIpc) is 3.31. The van der Waals surface area contributed by atoms with Crippen LogP contribution in [-0.4, -0.2) is 29.6 Å². The summed E-state index contributed by atoms with van der Waals surface area (Å²) in [6, 6.07) is 7.08. The van der Waals surface area contributed by atoms with Crippen molar-refractivity contribution in [2.45, 2.75) is 43.6 Å². The molecular weight excluding hydrogens is 268 g/mol. The molecule has 2 fully saturated rings. The first-order valence-electron chi connectivity index (χ1n) is 7.50. The summed E-state index contributed by atoms with van der Waals surface area (Å²) in [6.45, 7) is 0.887. The second kappa shape index (κ2) is 5.48. The Morgan fingerprint density at radius 3 is 2.43 bits per heavy atom. The molecule has 1 heterocycles. The second-order valence-corrected chi connectivity index (χ2v) is 5.96. The fourth-order valence-corrected chi connectivity index (χ4v) is 2.93. The monoisotopic (exact) mass is 288 g/mol. The van der Waals surface area contributed by atoms with Crippen LogP contribution < -0.4 is 10.6 Å². The molecule has 0 radical (unpaired) electrons. The van der Waals surface area contributed by atoms with Crippen molar-refractivity contribution in [3.05, 3.63) is 29.8 Å². The van der Waals surface area contributed by atoms with E-state index in [-0.39, 0.29) is 11.9 Å². The molecule has 0 spiro atoms. The molecule has 0 aromatic heterocycles. The molecule has 2 aliphatic rings. The first-order valence-corrected chi connectivity index (χ1v) is 7.50. The van der Waals surface area contributed by atoms with Gasteiger partial charge in [-0.15, -0.1) is 0 Å². The van der Waals surface area contributed by atoms with Gasteiger partial charge in [0.05, 0.1) is 11.5 Å². The summed E-state index contributed by atoms with van der Waals surface area (Å²) in [5.74, 6) is -0.771. The van der Waals surface area contributed by atoms with Gasteiger partial charge in [-0.1, -0.05) is 18.6 Å². The molecule has 1 saturated carbocycles. The van der Waals surface area contributed by atoms with E-state index in [1.54, 1.807) is 12.1 Å². The maximum atomic E-state index is 12.1. The topological polar surface area (TPSA) is 78.4 Å². The number of hydrogen-bond acceptors (Lipinski definition) is 3. The molecular formula is C16H20N2O3. The van der Waals surface area contributed by atoms with Crippen LogP contribution in [0.2, 0.25) is 0 Å². The largest absolute Gasteiger partial charge is 0.481 e. The molecule has 3 N–H and O–H groups in total. The zero-order valence-corrected chi connectivity index (χ0v) is 11.9. The fourth-order valence-electron chi connectivity index (χ4n) is 2.93. The summed E-state index contributed by atoms with van der Waals surface area (Å²) in [5.41, 5.74) is 0.856. The van der Waals surface area contributed by atoms with Crippen LogP contribution in [0.15, 0.2) is 24.3 Å². The van der Waals surface area contributed by atoms with Gasteiger partial charge in [0.25, 0.3) is 0 Å². The predicted molar refractivity (Wildman–Crippen MR) is 79.3 cm³/mol. The number of nitrogens with one attached hydrogen (secondary N) is 2. The number of piperidine rings is 1. The SMILES string of the molecule is O=C(Nc1ccc(C2(C(=O)O)CC2)cc1)[C@@H]1CCCCN1. The van der Waals surface area contributed by atoms with Crippen LogP contribution in [-0.2, 0) is 15.0 Å². The van der Waals surface area contributed by atoms with Crippen LogP contribution in [0, 0.1) is 0 Å². The zero-order chi connectivity index (χ0) is 14.9. The minimum atomic E-state index is -0.759. The third-order valence-electron chi connectivity index (χ3n) is 4.49. The van der Waals surface area contributed by atoms with Gasteiger partial charge in [-0.05, 0) is 49.9 Å². The van der Waals surface area contributed by atoms with Crippen LogP contribution in [0.4, 0.5) is 5.69 Å². The van der Waals surface area contributed by atoms with E-state index in [0.717, 1.165) is 37.1 Å². The number of amides is 1.